The summed E-state index contributed by atoms with van der Waals surface area (Å²) in [6.07, 6.45) is 7.79. The Balaban J connectivity index is 0.00000441. The molecular weight excluding hydrogens is 300 g/mol. The second kappa shape index (κ2) is 12.1. The van der Waals surface area contributed by atoms with Gasteiger partial charge in [-0.3, -0.25) is 0 Å². The lowest BCUT2D eigenvalue weighted by Gasteiger charge is -2.13. The first-order valence-corrected chi connectivity index (χ1v) is 7.68. The molecule has 0 radical (unpaired) electrons. The highest BCUT2D eigenvalue weighted by molar-refractivity contribution is 5.87. The van der Waals surface area contributed by atoms with Crippen LogP contribution in [0.2, 0.25) is 0 Å². The molecule has 0 fully saturated rings. The highest BCUT2D eigenvalue weighted by Crippen LogP contribution is 2.14. The van der Waals surface area contributed by atoms with Crippen molar-refractivity contribution in [1.82, 2.24) is 0 Å². The Bertz CT molecular complexity index is 440. The van der Waals surface area contributed by atoms with E-state index in [9.17, 15) is 4.79 Å². The third-order valence-electron chi connectivity index (χ3n) is 3.53. The Morgan fingerprint density at radius 2 is 1.91 bits per heavy atom. The highest BCUT2D eigenvalue weighted by Gasteiger charge is 2.08. The van der Waals surface area contributed by atoms with Crippen LogP contribution in [0.3, 0.4) is 0 Å². The zero-order valence-corrected chi connectivity index (χ0v) is 14.5. The van der Waals surface area contributed by atoms with E-state index in [-0.39, 0.29) is 18.4 Å². The molecule has 0 saturated heterocycles. The first kappa shape index (κ1) is 20.5. The molecule has 124 valence electrons. The molecular formula is C18H27ClO3. The van der Waals surface area contributed by atoms with Crippen molar-refractivity contribution in [2.24, 2.45) is 5.92 Å². The lowest BCUT2D eigenvalue weighted by atomic mass is 10.0. The van der Waals surface area contributed by atoms with Crippen LogP contribution in [0.5, 0.6) is 5.75 Å². The fraction of sp³-hybridized carbons (Fsp3) is 0.500. The van der Waals surface area contributed by atoms with Gasteiger partial charge >= 0.3 is 5.97 Å². The number of rotatable bonds is 9. The molecule has 0 aliphatic heterocycles. The van der Waals surface area contributed by atoms with Crippen LogP contribution in [0.4, 0.5) is 0 Å². The van der Waals surface area contributed by atoms with E-state index in [2.05, 4.69) is 13.8 Å². The standard InChI is InChI=1S/C18H26O3.ClH/c1-4-6-7-15(5-2)14-21-18(19)13-10-16-8-11-17(20-3)12-9-16;/h8-13,15H,4-7,14H2,1-3H3;1H. The number of carbonyl (C=O) groups excluding carboxylic acids is 1. The highest BCUT2D eigenvalue weighted by atomic mass is 35.5. The van der Waals surface area contributed by atoms with E-state index in [0.717, 1.165) is 24.2 Å². The number of hydrogen-bond acceptors (Lipinski definition) is 3. The summed E-state index contributed by atoms with van der Waals surface area (Å²) in [4.78, 5) is 11.7. The molecule has 0 N–H and O–H groups in total. The quantitative estimate of drug-likeness (QED) is 0.479. The minimum atomic E-state index is -0.277. The largest absolute Gasteiger partial charge is 0.497 e. The first-order chi connectivity index (χ1) is 10.2. The van der Waals surface area contributed by atoms with Gasteiger partial charge in [-0.1, -0.05) is 45.2 Å². The van der Waals surface area contributed by atoms with Gasteiger partial charge in [-0.05, 0) is 36.1 Å². The van der Waals surface area contributed by atoms with Crippen LogP contribution in [-0.4, -0.2) is 19.7 Å². The van der Waals surface area contributed by atoms with Crippen LogP contribution in [0.15, 0.2) is 30.3 Å². The van der Waals surface area contributed by atoms with Crippen molar-refractivity contribution < 1.29 is 14.3 Å². The van der Waals surface area contributed by atoms with Gasteiger partial charge in [-0.25, -0.2) is 4.79 Å². The van der Waals surface area contributed by atoms with Gasteiger partial charge in [-0.15, -0.1) is 12.4 Å². The van der Waals surface area contributed by atoms with E-state index in [1.54, 1.807) is 13.2 Å². The first-order valence-electron chi connectivity index (χ1n) is 7.68. The maximum Gasteiger partial charge on any atom is 0.330 e. The predicted octanol–water partition coefficient (Wildman–Crippen LogP) is 4.89. The Hall–Kier alpha value is -1.48. The fourth-order valence-electron chi connectivity index (χ4n) is 2.03. The van der Waals surface area contributed by atoms with Gasteiger partial charge in [0.2, 0.25) is 0 Å². The number of methoxy groups -OCH3 is 1. The maximum absolute atomic E-state index is 11.7. The summed E-state index contributed by atoms with van der Waals surface area (Å²) in [6.45, 7) is 4.83. The number of unbranched alkanes of at least 4 members (excludes halogenated alkanes) is 1. The van der Waals surface area contributed by atoms with Crippen LogP contribution in [-0.2, 0) is 9.53 Å². The second-order valence-corrected chi connectivity index (χ2v) is 5.15. The van der Waals surface area contributed by atoms with Gasteiger partial charge in [0.1, 0.15) is 5.75 Å². The predicted molar refractivity (Wildman–Crippen MR) is 93.5 cm³/mol. The van der Waals surface area contributed by atoms with Crippen LogP contribution in [0, 0.1) is 5.92 Å². The monoisotopic (exact) mass is 326 g/mol. The molecule has 1 atom stereocenters. The van der Waals surface area contributed by atoms with Crippen molar-refractivity contribution in [1.29, 1.82) is 0 Å². The molecule has 0 aliphatic carbocycles. The van der Waals surface area contributed by atoms with Gasteiger partial charge in [-0.2, -0.15) is 0 Å². The van der Waals surface area contributed by atoms with E-state index in [1.807, 2.05) is 24.3 Å². The molecule has 0 aliphatic rings. The van der Waals surface area contributed by atoms with E-state index in [4.69, 9.17) is 9.47 Å². The fourth-order valence-corrected chi connectivity index (χ4v) is 2.03. The summed E-state index contributed by atoms with van der Waals surface area (Å²) in [5, 5.41) is 0. The van der Waals surface area contributed by atoms with Crippen molar-refractivity contribution in [2.45, 2.75) is 39.5 Å². The normalized spacial score (nSPS) is 11.8. The van der Waals surface area contributed by atoms with Crippen molar-refractivity contribution in [3.8, 4) is 5.75 Å². The average Bonchev–Trinajstić information content (AvgIpc) is 2.53. The van der Waals surface area contributed by atoms with Crippen molar-refractivity contribution in [2.75, 3.05) is 13.7 Å². The molecule has 0 bridgehead atoms. The summed E-state index contributed by atoms with van der Waals surface area (Å²) in [6, 6.07) is 7.53. The van der Waals surface area contributed by atoms with E-state index >= 15 is 0 Å². The Labute approximate surface area is 140 Å². The molecule has 0 spiro atoms. The topological polar surface area (TPSA) is 35.5 Å². The third-order valence-corrected chi connectivity index (χ3v) is 3.53. The molecule has 0 heterocycles. The molecule has 1 rings (SSSR count). The van der Waals surface area contributed by atoms with Crippen LogP contribution < -0.4 is 4.74 Å². The summed E-state index contributed by atoms with van der Waals surface area (Å²) in [5.41, 5.74) is 0.950. The van der Waals surface area contributed by atoms with E-state index < -0.39 is 0 Å². The number of hydrogen-bond donors (Lipinski definition) is 0. The Morgan fingerprint density at radius 1 is 1.23 bits per heavy atom. The second-order valence-electron chi connectivity index (χ2n) is 5.15. The lowest BCUT2D eigenvalue weighted by molar-refractivity contribution is -0.139. The van der Waals surface area contributed by atoms with Gasteiger partial charge in [0.25, 0.3) is 0 Å². The molecule has 0 aromatic heterocycles. The maximum atomic E-state index is 11.7. The van der Waals surface area contributed by atoms with Gasteiger partial charge in [0, 0.05) is 6.08 Å². The van der Waals surface area contributed by atoms with Crippen molar-refractivity contribution in [3.05, 3.63) is 35.9 Å². The van der Waals surface area contributed by atoms with E-state index in [0.29, 0.717) is 12.5 Å². The third kappa shape index (κ3) is 8.08. The molecule has 3 nitrogen and oxygen atoms in total. The van der Waals surface area contributed by atoms with Gasteiger partial charge < -0.3 is 9.47 Å². The SMILES string of the molecule is CCCCC(CC)COC(=O)C=Cc1ccc(OC)cc1.Cl. The van der Waals surface area contributed by atoms with Crippen molar-refractivity contribution >= 4 is 24.5 Å². The van der Waals surface area contributed by atoms with Gasteiger partial charge in [0.05, 0.1) is 13.7 Å². The summed E-state index contributed by atoms with van der Waals surface area (Å²) in [7, 11) is 1.63. The Kier molecular flexibility index (Phi) is 11.3. The minimum absolute atomic E-state index is 0. The summed E-state index contributed by atoms with van der Waals surface area (Å²) in [5.74, 6) is 1.00. The zero-order valence-electron chi connectivity index (χ0n) is 13.7. The molecule has 0 saturated carbocycles. The molecule has 1 aromatic carbocycles. The van der Waals surface area contributed by atoms with Crippen LogP contribution >= 0.6 is 12.4 Å². The molecule has 0 amide bonds. The van der Waals surface area contributed by atoms with E-state index in [1.165, 1.54) is 18.9 Å². The molecule has 22 heavy (non-hydrogen) atoms. The summed E-state index contributed by atoms with van der Waals surface area (Å²) < 4.78 is 10.4. The van der Waals surface area contributed by atoms with Gasteiger partial charge in [0.15, 0.2) is 0 Å². The number of carbonyl (C=O) groups is 1. The number of benzene rings is 1. The molecule has 1 unspecified atom stereocenters. The average molecular weight is 327 g/mol. The minimum Gasteiger partial charge on any atom is -0.497 e. The van der Waals surface area contributed by atoms with Crippen molar-refractivity contribution in [3.63, 3.8) is 0 Å². The summed E-state index contributed by atoms with van der Waals surface area (Å²) >= 11 is 0. The smallest absolute Gasteiger partial charge is 0.330 e. The molecule has 1 aromatic rings. The number of ether oxygens (including phenoxy) is 2. The number of halogens is 1. The lowest BCUT2D eigenvalue weighted by Crippen LogP contribution is -2.12. The Morgan fingerprint density at radius 3 is 2.45 bits per heavy atom. The molecule has 4 heteroatoms. The zero-order chi connectivity index (χ0) is 15.5. The number of esters is 1. The van der Waals surface area contributed by atoms with Crippen LogP contribution in [0.25, 0.3) is 6.08 Å². The van der Waals surface area contributed by atoms with Crippen LogP contribution in [0.1, 0.15) is 45.1 Å².